The summed E-state index contributed by atoms with van der Waals surface area (Å²) in [5.74, 6) is -1.31. The molecule has 2 atom stereocenters. The first-order valence-electron chi connectivity index (χ1n) is 6.70. The first-order chi connectivity index (χ1) is 9.66. The molecule has 1 aromatic heterocycles. The molecule has 2 unspecified atom stereocenters. The predicted octanol–water partition coefficient (Wildman–Crippen LogP) is 0.287. The predicted molar refractivity (Wildman–Crippen MR) is 68.4 cm³/mol. The minimum Gasteiger partial charge on any atom is -0.481 e. The number of aliphatic carboxylic acids is 1. The highest BCUT2D eigenvalue weighted by Crippen LogP contribution is 2.28. The number of carbonyl (C=O) groups excluding carboxylic acids is 1. The summed E-state index contributed by atoms with van der Waals surface area (Å²) >= 11 is 0. The Balaban J connectivity index is 1.76. The maximum atomic E-state index is 12.6. The van der Waals surface area contributed by atoms with Gasteiger partial charge in [-0.1, -0.05) is 12.2 Å². The van der Waals surface area contributed by atoms with Gasteiger partial charge in [0.1, 0.15) is 6.33 Å². The Morgan fingerprint density at radius 3 is 2.70 bits per heavy atom. The van der Waals surface area contributed by atoms with Gasteiger partial charge in [-0.2, -0.15) is 0 Å². The molecule has 1 N–H and O–H groups in total. The van der Waals surface area contributed by atoms with Crippen LogP contribution in [0.25, 0.3) is 0 Å². The maximum Gasteiger partial charge on any atom is 0.307 e. The van der Waals surface area contributed by atoms with Gasteiger partial charge < -0.3 is 14.6 Å². The minimum absolute atomic E-state index is 0.0870. The van der Waals surface area contributed by atoms with Crippen LogP contribution >= 0.6 is 0 Å². The van der Waals surface area contributed by atoms with E-state index in [4.69, 9.17) is 0 Å². The van der Waals surface area contributed by atoms with Gasteiger partial charge >= 0.3 is 5.97 Å². The molecule has 7 nitrogen and oxygen atoms in total. The number of carboxylic acid groups (broad SMARTS) is 1. The summed E-state index contributed by atoms with van der Waals surface area (Å²) in [5, 5.41) is 17.0. The molecule has 0 saturated heterocycles. The molecule has 0 aromatic carbocycles. The van der Waals surface area contributed by atoms with Crippen LogP contribution in [0.2, 0.25) is 0 Å². The number of carbonyl (C=O) groups is 2. The first-order valence-corrected chi connectivity index (χ1v) is 6.70. The Morgan fingerprint density at radius 1 is 1.20 bits per heavy atom. The molecule has 0 radical (unpaired) electrons. The number of nitrogens with zero attached hydrogens (tertiary/aromatic N) is 4. The number of hydrogen-bond donors (Lipinski definition) is 1. The van der Waals surface area contributed by atoms with E-state index in [-0.39, 0.29) is 5.91 Å². The molecular formula is C13H16N4O3. The van der Waals surface area contributed by atoms with Crippen molar-refractivity contribution in [3.8, 4) is 0 Å². The van der Waals surface area contributed by atoms with Crippen LogP contribution in [0.15, 0.2) is 18.5 Å². The van der Waals surface area contributed by atoms with Crippen molar-refractivity contribution in [2.24, 2.45) is 11.8 Å². The molecule has 2 heterocycles. The van der Waals surface area contributed by atoms with Crippen LogP contribution in [0, 0.1) is 11.8 Å². The number of rotatable bonds is 2. The van der Waals surface area contributed by atoms with Crippen molar-refractivity contribution < 1.29 is 14.7 Å². The van der Waals surface area contributed by atoms with Crippen LogP contribution in [-0.4, -0.2) is 43.2 Å². The van der Waals surface area contributed by atoms with Crippen LogP contribution in [0.4, 0.5) is 0 Å². The number of carboxylic acids is 1. The molecule has 0 spiro atoms. The highest BCUT2D eigenvalue weighted by Gasteiger charge is 2.37. The van der Waals surface area contributed by atoms with Gasteiger partial charge in [0.15, 0.2) is 5.82 Å². The van der Waals surface area contributed by atoms with Gasteiger partial charge in [-0.05, 0) is 12.8 Å². The minimum atomic E-state index is -0.895. The lowest BCUT2D eigenvalue weighted by Crippen LogP contribution is -2.45. The zero-order valence-corrected chi connectivity index (χ0v) is 11.0. The van der Waals surface area contributed by atoms with Crippen LogP contribution in [-0.2, 0) is 22.7 Å². The maximum absolute atomic E-state index is 12.6. The lowest BCUT2D eigenvalue weighted by Gasteiger charge is -2.33. The van der Waals surface area contributed by atoms with Gasteiger partial charge in [0, 0.05) is 13.1 Å². The zero-order chi connectivity index (χ0) is 14.1. The van der Waals surface area contributed by atoms with Crippen molar-refractivity contribution in [1.82, 2.24) is 19.7 Å². The first kappa shape index (κ1) is 12.8. The summed E-state index contributed by atoms with van der Waals surface area (Å²) in [7, 11) is 0. The standard InChI is InChI=1S/C13H16N4O3/c18-12(9-3-1-2-4-10(9)13(19)20)16-5-6-17-8-14-15-11(17)7-16/h1-2,8-10H,3-7H2,(H,19,20). The van der Waals surface area contributed by atoms with E-state index in [0.717, 1.165) is 5.82 Å². The quantitative estimate of drug-likeness (QED) is 0.784. The van der Waals surface area contributed by atoms with Gasteiger partial charge in [-0.25, -0.2) is 0 Å². The van der Waals surface area contributed by atoms with Crippen LogP contribution in [0.5, 0.6) is 0 Å². The molecule has 3 rings (SSSR count). The summed E-state index contributed by atoms with van der Waals surface area (Å²) in [6.07, 6.45) is 6.32. The molecule has 106 valence electrons. The third-order valence-electron chi connectivity index (χ3n) is 4.02. The van der Waals surface area contributed by atoms with Crippen molar-refractivity contribution in [3.63, 3.8) is 0 Å². The van der Waals surface area contributed by atoms with E-state index < -0.39 is 17.8 Å². The molecule has 7 heteroatoms. The molecule has 1 aliphatic heterocycles. The van der Waals surface area contributed by atoms with Crippen molar-refractivity contribution in [1.29, 1.82) is 0 Å². The zero-order valence-electron chi connectivity index (χ0n) is 11.0. The summed E-state index contributed by atoms with van der Waals surface area (Å²) < 4.78 is 1.92. The average molecular weight is 276 g/mol. The van der Waals surface area contributed by atoms with Gasteiger partial charge in [0.2, 0.25) is 5.91 Å². The van der Waals surface area contributed by atoms with E-state index in [0.29, 0.717) is 32.5 Å². The summed E-state index contributed by atoms with van der Waals surface area (Å²) in [6.45, 7) is 1.65. The van der Waals surface area contributed by atoms with Gasteiger partial charge in [-0.15, -0.1) is 10.2 Å². The highest BCUT2D eigenvalue weighted by molar-refractivity contribution is 5.85. The fourth-order valence-corrected chi connectivity index (χ4v) is 2.85. The Bertz CT molecular complexity index is 566. The summed E-state index contributed by atoms with van der Waals surface area (Å²) in [6, 6.07) is 0. The topological polar surface area (TPSA) is 88.3 Å². The van der Waals surface area contributed by atoms with Crippen LogP contribution in [0.3, 0.4) is 0 Å². The molecular weight excluding hydrogens is 260 g/mol. The molecule has 1 amide bonds. The van der Waals surface area contributed by atoms with E-state index >= 15 is 0 Å². The second kappa shape index (κ2) is 5.07. The third-order valence-corrected chi connectivity index (χ3v) is 4.02. The molecule has 0 fully saturated rings. The van der Waals surface area contributed by atoms with Crippen molar-refractivity contribution in [3.05, 3.63) is 24.3 Å². The van der Waals surface area contributed by atoms with Crippen LogP contribution < -0.4 is 0 Å². The van der Waals surface area contributed by atoms with E-state index in [2.05, 4.69) is 10.2 Å². The molecule has 1 aliphatic carbocycles. The number of aromatic nitrogens is 3. The lowest BCUT2D eigenvalue weighted by molar-refractivity contribution is -0.151. The summed E-state index contributed by atoms with van der Waals surface area (Å²) in [5.41, 5.74) is 0. The Labute approximate surface area is 115 Å². The monoisotopic (exact) mass is 276 g/mol. The molecule has 1 aromatic rings. The Hall–Kier alpha value is -2.18. The molecule has 20 heavy (non-hydrogen) atoms. The highest BCUT2D eigenvalue weighted by atomic mass is 16.4. The number of allylic oxidation sites excluding steroid dienone is 2. The van der Waals surface area contributed by atoms with Crippen molar-refractivity contribution in [2.75, 3.05) is 6.54 Å². The summed E-state index contributed by atoms with van der Waals surface area (Å²) in [4.78, 5) is 25.5. The lowest BCUT2D eigenvalue weighted by atomic mass is 9.82. The SMILES string of the molecule is O=C(O)C1CC=CCC1C(=O)N1CCn2cnnc2C1. The fraction of sp³-hybridized carbons (Fsp3) is 0.538. The third kappa shape index (κ3) is 2.19. The van der Waals surface area contributed by atoms with Crippen molar-refractivity contribution in [2.45, 2.75) is 25.9 Å². The van der Waals surface area contributed by atoms with Gasteiger partial charge in [0.25, 0.3) is 0 Å². The molecule has 0 bridgehead atoms. The molecule has 0 saturated carbocycles. The Morgan fingerprint density at radius 2 is 1.95 bits per heavy atom. The smallest absolute Gasteiger partial charge is 0.307 e. The average Bonchev–Trinajstić information content (AvgIpc) is 2.93. The van der Waals surface area contributed by atoms with E-state index in [1.165, 1.54) is 0 Å². The molecule has 2 aliphatic rings. The Kier molecular flexibility index (Phi) is 3.25. The number of fused-ring (bicyclic) bond motifs is 1. The van der Waals surface area contributed by atoms with E-state index in [1.807, 2.05) is 16.7 Å². The van der Waals surface area contributed by atoms with Crippen molar-refractivity contribution >= 4 is 11.9 Å². The number of amides is 1. The second-order valence-electron chi connectivity index (χ2n) is 5.19. The number of hydrogen-bond acceptors (Lipinski definition) is 4. The fourth-order valence-electron chi connectivity index (χ4n) is 2.85. The van der Waals surface area contributed by atoms with Crippen LogP contribution in [0.1, 0.15) is 18.7 Å². The van der Waals surface area contributed by atoms with E-state index in [9.17, 15) is 14.7 Å². The van der Waals surface area contributed by atoms with Gasteiger partial charge in [-0.3, -0.25) is 9.59 Å². The second-order valence-corrected chi connectivity index (χ2v) is 5.19. The van der Waals surface area contributed by atoms with E-state index in [1.54, 1.807) is 11.2 Å². The van der Waals surface area contributed by atoms with Gasteiger partial charge in [0.05, 0.1) is 18.4 Å². The largest absolute Gasteiger partial charge is 0.481 e. The normalized spacial score (nSPS) is 25.3.